The summed E-state index contributed by atoms with van der Waals surface area (Å²) in [6.45, 7) is 0. The van der Waals surface area contributed by atoms with Crippen LogP contribution in [-0.2, 0) is 6.42 Å². The fraction of sp³-hybridized carbons (Fsp3) is 0.0714. The molecule has 2 aromatic rings. The molecule has 0 bridgehead atoms. The van der Waals surface area contributed by atoms with Gasteiger partial charge in [0.1, 0.15) is 5.75 Å². The molecule has 0 radical (unpaired) electrons. The summed E-state index contributed by atoms with van der Waals surface area (Å²) in [4.78, 5) is 11.9. The van der Waals surface area contributed by atoms with Crippen LogP contribution in [0.5, 0.6) is 5.75 Å². The van der Waals surface area contributed by atoms with Gasteiger partial charge >= 0.3 is 0 Å². The number of rotatable bonds is 3. The molecule has 3 heteroatoms. The number of hydrogen-bond acceptors (Lipinski definition) is 2. The Labute approximate surface area is 104 Å². The molecular formula is C14H11ClO2. The highest BCUT2D eigenvalue weighted by Crippen LogP contribution is 2.14. The number of aromatic hydroxyl groups is 1. The maximum absolute atomic E-state index is 11.9. The van der Waals surface area contributed by atoms with Gasteiger partial charge in [-0.2, -0.15) is 0 Å². The fourth-order valence-electron chi connectivity index (χ4n) is 1.54. The number of halogens is 1. The first-order chi connectivity index (χ1) is 8.15. The van der Waals surface area contributed by atoms with Crippen molar-refractivity contribution in [2.24, 2.45) is 0 Å². The first kappa shape index (κ1) is 11.7. The second-order valence-corrected chi connectivity index (χ2v) is 4.21. The van der Waals surface area contributed by atoms with Gasteiger partial charge in [0.2, 0.25) is 0 Å². The summed E-state index contributed by atoms with van der Waals surface area (Å²) in [7, 11) is 0. The third-order valence-electron chi connectivity index (χ3n) is 2.47. The van der Waals surface area contributed by atoms with Gasteiger partial charge in [-0.25, -0.2) is 0 Å². The van der Waals surface area contributed by atoms with Gasteiger partial charge in [0, 0.05) is 17.0 Å². The van der Waals surface area contributed by atoms with Gasteiger partial charge in [0.05, 0.1) is 0 Å². The molecule has 2 rings (SSSR count). The van der Waals surface area contributed by atoms with Gasteiger partial charge < -0.3 is 5.11 Å². The summed E-state index contributed by atoms with van der Waals surface area (Å²) < 4.78 is 0. The van der Waals surface area contributed by atoms with E-state index in [1.165, 1.54) is 0 Å². The van der Waals surface area contributed by atoms with Crippen molar-refractivity contribution >= 4 is 17.4 Å². The molecule has 2 aromatic carbocycles. The van der Waals surface area contributed by atoms with Crippen LogP contribution in [0.3, 0.4) is 0 Å². The number of benzene rings is 2. The molecule has 0 saturated carbocycles. The van der Waals surface area contributed by atoms with Crippen LogP contribution in [0.25, 0.3) is 0 Å². The minimum Gasteiger partial charge on any atom is -0.508 e. The highest BCUT2D eigenvalue weighted by Gasteiger charge is 2.06. The average Bonchev–Trinajstić information content (AvgIpc) is 2.33. The van der Waals surface area contributed by atoms with Crippen molar-refractivity contribution in [2.75, 3.05) is 0 Å². The Bertz CT molecular complexity index is 515. The highest BCUT2D eigenvalue weighted by molar-refractivity contribution is 6.30. The molecular weight excluding hydrogens is 236 g/mol. The van der Waals surface area contributed by atoms with Crippen LogP contribution < -0.4 is 0 Å². The van der Waals surface area contributed by atoms with Gasteiger partial charge in [0.15, 0.2) is 5.78 Å². The minimum atomic E-state index is 0.0346. The molecule has 17 heavy (non-hydrogen) atoms. The van der Waals surface area contributed by atoms with Crippen molar-refractivity contribution in [1.29, 1.82) is 0 Å². The first-order valence-corrected chi connectivity index (χ1v) is 5.59. The van der Waals surface area contributed by atoms with Crippen molar-refractivity contribution in [2.45, 2.75) is 6.42 Å². The van der Waals surface area contributed by atoms with E-state index in [1.807, 2.05) is 0 Å². The van der Waals surface area contributed by atoms with Crippen LogP contribution >= 0.6 is 11.6 Å². The molecule has 0 fully saturated rings. The second-order valence-electron chi connectivity index (χ2n) is 3.77. The van der Waals surface area contributed by atoms with E-state index < -0.39 is 0 Å². The summed E-state index contributed by atoms with van der Waals surface area (Å²) in [6.07, 6.45) is 0.321. The smallest absolute Gasteiger partial charge is 0.167 e. The molecule has 0 atom stereocenters. The molecule has 0 aromatic heterocycles. The normalized spacial score (nSPS) is 10.2. The van der Waals surface area contributed by atoms with Crippen LogP contribution in [0.1, 0.15) is 15.9 Å². The Balaban J connectivity index is 2.11. The largest absolute Gasteiger partial charge is 0.508 e. The van der Waals surface area contributed by atoms with Gasteiger partial charge in [-0.15, -0.1) is 0 Å². The van der Waals surface area contributed by atoms with E-state index in [9.17, 15) is 4.79 Å². The van der Waals surface area contributed by atoms with E-state index in [-0.39, 0.29) is 11.5 Å². The molecule has 0 aliphatic heterocycles. The van der Waals surface area contributed by atoms with Crippen LogP contribution in [0, 0.1) is 0 Å². The molecule has 0 spiro atoms. The fourth-order valence-corrected chi connectivity index (χ4v) is 1.66. The van der Waals surface area contributed by atoms with E-state index in [0.29, 0.717) is 17.0 Å². The number of phenols is 1. The summed E-state index contributed by atoms with van der Waals surface area (Å²) in [5.41, 5.74) is 1.52. The maximum Gasteiger partial charge on any atom is 0.167 e. The van der Waals surface area contributed by atoms with Crippen molar-refractivity contribution in [3.05, 3.63) is 64.7 Å². The molecule has 0 amide bonds. The van der Waals surface area contributed by atoms with Crippen molar-refractivity contribution in [3.63, 3.8) is 0 Å². The van der Waals surface area contributed by atoms with Gasteiger partial charge in [-0.05, 0) is 42.0 Å². The van der Waals surface area contributed by atoms with E-state index in [0.717, 1.165) is 5.56 Å². The zero-order chi connectivity index (χ0) is 12.3. The SMILES string of the molecule is O=C(Cc1ccc(O)cc1)c1ccc(Cl)cc1. The minimum absolute atomic E-state index is 0.0346. The Morgan fingerprint density at radius 2 is 1.59 bits per heavy atom. The predicted octanol–water partition coefficient (Wildman–Crippen LogP) is 3.47. The van der Waals surface area contributed by atoms with Crippen LogP contribution in [0.4, 0.5) is 0 Å². The zero-order valence-electron chi connectivity index (χ0n) is 9.06. The summed E-state index contributed by atoms with van der Waals surface area (Å²) in [6, 6.07) is 13.5. The van der Waals surface area contributed by atoms with E-state index >= 15 is 0 Å². The second kappa shape index (κ2) is 5.02. The van der Waals surface area contributed by atoms with Crippen molar-refractivity contribution in [1.82, 2.24) is 0 Å². The Morgan fingerprint density at radius 1 is 1.00 bits per heavy atom. The lowest BCUT2D eigenvalue weighted by Gasteiger charge is -2.02. The van der Waals surface area contributed by atoms with Gasteiger partial charge in [-0.1, -0.05) is 23.7 Å². The summed E-state index contributed by atoms with van der Waals surface area (Å²) in [5, 5.41) is 9.76. The molecule has 1 N–H and O–H groups in total. The first-order valence-electron chi connectivity index (χ1n) is 5.22. The lowest BCUT2D eigenvalue weighted by Crippen LogP contribution is -2.02. The maximum atomic E-state index is 11.9. The number of ketones is 1. The van der Waals surface area contributed by atoms with Crippen LogP contribution in [0.2, 0.25) is 5.02 Å². The Hall–Kier alpha value is -1.80. The van der Waals surface area contributed by atoms with Crippen molar-refractivity contribution in [3.8, 4) is 5.75 Å². The van der Waals surface area contributed by atoms with Crippen LogP contribution in [0.15, 0.2) is 48.5 Å². The molecule has 2 nitrogen and oxygen atoms in total. The lowest BCUT2D eigenvalue weighted by molar-refractivity contribution is 0.0993. The number of carbonyl (C=O) groups is 1. The predicted molar refractivity (Wildman–Crippen MR) is 67.6 cm³/mol. The lowest BCUT2D eigenvalue weighted by atomic mass is 10.0. The molecule has 0 aliphatic rings. The number of hydrogen-bond donors (Lipinski definition) is 1. The monoisotopic (exact) mass is 246 g/mol. The topological polar surface area (TPSA) is 37.3 Å². The summed E-state index contributed by atoms with van der Waals surface area (Å²) >= 11 is 5.75. The Kier molecular flexibility index (Phi) is 3.45. The number of phenolic OH excluding ortho intramolecular Hbond substituents is 1. The third kappa shape index (κ3) is 3.08. The van der Waals surface area contributed by atoms with Gasteiger partial charge in [-0.3, -0.25) is 4.79 Å². The van der Waals surface area contributed by atoms with Crippen LogP contribution in [-0.4, -0.2) is 10.9 Å². The van der Waals surface area contributed by atoms with E-state index in [2.05, 4.69) is 0 Å². The van der Waals surface area contributed by atoms with Crippen molar-refractivity contribution < 1.29 is 9.90 Å². The quantitative estimate of drug-likeness (QED) is 0.842. The molecule has 0 aliphatic carbocycles. The highest BCUT2D eigenvalue weighted by atomic mass is 35.5. The van der Waals surface area contributed by atoms with E-state index in [1.54, 1.807) is 48.5 Å². The molecule has 0 heterocycles. The summed E-state index contributed by atoms with van der Waals surface area (Å²) in [5.74, 6) is 0.236. The number of carbonyl (C=O) groups excluding carboxylic acids is 1. The zero-order valence-corrected chi connectivity index (χ0v) is 9.82. The van der Waals surface area contributed by atoms with E-state index in [4.69, 9.17) is 16.7 Å². The average molecular weight is 247 g/mol. The van der Waals surface area contributed by atoms with Gasteiger partial charge in [0.25, 0.3) is 0 Å². The Morgan fingerprint density at radius 3 is 2.18 bits per heavy atom. The molecule has 0 unspecified atom stereocenters. The standard InChI is InChI=1S/C14H11ClO2/c15-12-5-3-11(4-6-12)14(17)9-10-1-7-13(16)8-2-10/h1-8,16H,9H2. The third-order valence-corrected chi connectivity index (χ3v) is 2.72. The number of Topliss-reactive ketones (excluding diaryl/α,β-unsaturated/α-hetero) is 1. The molecule has 86 valence electrons. The molecule has 0 saturated heterocycles.